The Morgan fingerprint density at radius 1 is 1.36 bits per heavy atom. The molecular formula is C12H24N2. The van der Waals surface area contributed by atoms with Gasteiger partial charge in [0.05, 0.1) is 11.9 Å². The summed E-state index contributed by atoms with van der Waals surface area (Å²) in [4.78, 5) is 4.67. The van der Waals surface area contributed by atoms with Gasteiger partial charge in [-0.05, 0) is 25.2 Å². The Kier molecular flexibility index (Phi) is 4.43. The van der Waals surface area contributed by atoms with Crippen LogP contribution < -0.4 is 5.73 Å². The molecule has 1 saturated carbocycles. The Balaban J connectivity index is 2.55. The van der Waals surface area contributed by atoms with Crippen LogP contribution >= 0.6 is 0 Å². The van der Waals surface area contributed by atoms with E-state index in [1.165, 1.54) is 25.7 Å². The molecule has 0 saturated heterocycles. The molecule has 0 heterocycles. The van der Waals surface area contributed by atoms with Crippen molar-refractivity contribution in [1.82, 2.24) is 0 Å². The van der Waals surface area contributed by atoms with Crippen LogP contribution in [0.4, 0.5) is 0 Å². The van der Waals surface area contributed by atoms with Gasteiger partial charge in [0.2, 0.25) is 0 Å². The maximum atomic E-state index is 6.04. The summed E-state index contributed by atoms with van der Waals surface area (Å²) in [7, 11) is 0. The standard InChI is InChI=1S/C12H24N2/c1-4-11(9(2)3)14-12(13)10-7-5-6-8-10/h9-11H,4-8H2,1-3H3,(H2,13,14). The lowest BCUT2D eigenvalue weighted by atomic mass is 10.0. The highest BCUT2D eigenvalue weighted by molar-refractivity contribution is 5.83. The number of rotatable bonds is 4. The van der Waals surface area contributed by atoms with E-state index in [4.69, 9.17) is 5.73 Å². The van der Waals surface area contributed by atoms with Crippen LogP contribution in [0.1, 0.15) is 52.9 Å². The van der Waals surface area contributed by atoms with E-state index in [9.17, 15) is 0 Å². The Morgan fingerprint density at radius 2 is 1.93 bits per heavy atom. The first-order valence-electron chi connectivity index (χ1n) is 5.98. The van der Waals surface area contributed by atoms with E-state index in [2.05, 4.69) is 25.8 Å². The van der Waals surface area contributed by atoms with Crippen molar-refractivity contribution >= 4 is 5.84 Å². The summed E-state index contributed by atoms with van der Waals surface area (Å²) in [6, 6.07) is 0.426. The minimum Gasteiger partial charge on any atom is -0.387 e. The van der Waals surface area contributed by atoms with Crippen LogP contribution in [0.15, 0.2) is 4.99 Å². The van der Waals surface area contributed by atoms with Crippen LogP contribution in [-0.4, -0.2) is 11.9 Å². The molecule has 2 heteroatoms. The molecule has 14 heavy (non-hydrogen) atoms. The van der Waals surface area contributed by atoms with Gasteiger partial charge in [-0.25, -0.2) is 0 Å². The minimum absolute atomic E-state index is 0.426. The third-order valence-electron chi connectivity index (χ3n) is 3.28. The van der Waals surface area contributed by atoms with Crippen molar-refractivity contribution in [2.24, 2.45) is 22.6 Å². The van der Waals surface area contributed by atoms with Crippen molar-refractivity contribution < 1.29 is 0 Å². The predicted octanol–water partition coefficient (Wildman–Crippen LogP) is 2.97. The molecule has 1 aliphatic carbocycles. The molecule has 2 nitrogen and oxygen atoms in total. The first-order chi connectivity index (χ1) is 6.65. The Hall–Kier alpha value is -0.530. The van der Waals surface area contributed by atoms with Gasteiger partial charge in [0.1, 0.15) is 0 Å². The van der Waals surface area contributed by atoms with Gasteiger partial charge in [0, 0.05) is 5.92 Å². The largest absolute Gasteiger partial charge is 0.387 e. The van der Waals surface area contributed by atoms with E-state index in [0.717, 1.165) is 12.3 Å². The first-order valence-corrected chi connectivity index (χ1v) is 5.98. The summed E-state index contributed by atoms with van der Waals surface area (Å²) < 4.78 is 0. The molecule has 1 fully saturated rings. The van der Waals surface area contributed by atoms with Crippen LogP contribution in [0.2, 0.25) is 0 Å². The summed E-state index contributed by atoms with van der Waals surface area (Å²) in [5.41, 5.74) is 6.04. The van der Waals surface area contributed by atoms with E-state index in [0.29, 0.717) is 17.9 Å². The van der Waals surface area contributed by atoms with E-state index >= 15 is 0 Å². The number of aliphatic imine (C=N–C) groups is 1. The number of hydrogen-bond donors (Lipinski definition) is 1. The molecule has 2 N–H and O–H groups in total. The molecule has 82 valence electrons. The molecule has 0 aromatic heterocycles. The molecule has 0 radical (unpaired) electrons. The SMILES string of the molecule is CCC(N=C(N)C1CCCC1)C(C)C. The third-order valence-corrected chi connectivity index (χ3v) is 3.28. The highest BCUT2D eigenvalue weighted by atomic mass is 14.9. The smallest absolute Gasteiger partial charge is 0.0971 e. The van der Waals surface area contributed by atoms with Crippen molar-refractivity contribution in [3.8, 4) is 0 Å². The number of nitrogens with two attached hydrogens (primary N) is 1. The molecule has 0 aromatic carbocycles. The first kappa shape index (κ1) is 11.5. The van der Waals surface area contributed by atoms with Gasteiger partial charge in [-0.2, -0.15) is 0 Å². The second-order valence-corrected chi connectivity index (χ2v) is 4.75. The van der Waals surface area contributed by atoms with E-state index < -0.39 is 0 Å². The zero-order valence-electron chi connectivity index (χ0n) is 9.79. The lowest BCUT2D eigenvalue weighted by molar-refractivity contribution is 0.479. The predicted molar refractivity (Wildman–Crippen MR) is 62.5 cm³/mol. The van der Waals surface area contributed by atoms with Crippen LogP contribution in [-0.2, 0) is 0 Å². The molecule has 1 rings (SSSR count). The molecule has 0 spiro atoms. The average molecular weight is 196 g/mol. The lowest BCUT2D eigenvalue weighted by Crippen LogP contribution is -2.25. The summed E-state index contributed by atoms with van der Waals surface area (Å²) in [6.07, 6.45) is 6.28. The zero-order chi connectivity index (χ0) is 10.6. The number of amidine groups is 1. The van der Waals surface area contributed by atoms with Crippen LogP contribution in [0, 0.1) is 11.8 Å². The Bertz CT molecular complexity index is 190. The summed E-state index contributed by atoms with van der Waals surface area (Å²) >= 11 is 0. The molecule has 0 bridgehead atoms. The molecule has 0 aliphatic heterocycles. The summed E-state index contributed by atoms with van der Waals surface area (Å²) in [6.45, 7) is 6.63. The van der Waals surface area contributed by atoms with Crippen molar-refractivity contribution in [2.75, 3.05) is 0 Å². The lowest BCUT2D eigenvalue weighted by Gasteiger charge is -2.17. The van der Waals surface area contributed by atoms with E-state index in [1.807, 2.05) is 0 Å². The van der Waals surface area contributed by atoms with Gasteiger partial charge in [0.15, 0.2) is 0 Å². The maximum Gasteiger partial charge on any atom is 0.0971 e. The summed E-state index contributed by atoms with van der Waals surface area (Å²) in [5, 5.41) is 0. The number of nitrogens with zero attached hydrogens (tertiary/aromatic N) is 1. The van der Waals surface area contributed by atoms with Crippen LogP contribution in [0.5, 0.6) is 0 Å². The van der Waals surface area contributed by atoms with Crippen molar-refractivity contribution in [1.29, 1.82) is 0 Å². The van der Waals surface area contributed by atoms with Crippen LogP contribution in [0.25, 0.3) is 0 Å². The fraction of sp³-hybridized carbons (Fsp3) is 0.917. The van der Waals surface area contributed by atoms with Crippen molar-refractivity contribution in [3.63, 3.8) is 0 Å². The normalized spacial score (nSPS) is 21.9. The molecular weight excluding hydrogens is 172 g/mol. The minimum atomic E-state index is 0.426. The van der Waals surface area contributed by atoms with Crippen molar-refractivity contribution in [3.05, 3.63) is 0 Å². The van der Waals surface area contributed by atoms with Crippen molar-refractivity contribution in [2.45, 2.75) is 58.9 Å². The average Bonchev–Trinajstić information content (AvgIpc) is 2.65. The highest BCUT2D eigenvalue weighted by Gasteiger charge is 2.20. The van der Waals surface area contributed by atoms with Gasteiger partial charge in [0.25, 0.3) is 0 Å². The van der Waals surface area contributed by atoms with Gasteiger partial charge < -0.3 is 5.73 Å². The highest BCUT2D eigenvalue weighted by Crippen LogP contribution is 2.25. The fourth-order valence-corrected chi connectivity index (χ4v) is 2.23. The third kappa shape index (κ3) is 3.00. The monoisotopic (exact) mass is 196 g/mol. The molecule has 1 unspecified atom stereocenters. The summed E-state index contributed by atoms with van der Waals surface area (Å²) in [5.74, 6) is 2.12. The Morgan fingerprint density at radius 3 is 2.36 bits per heavy atom. The second-order valence-electron chi connectivity index (χ2n) is 4.75. The molecule has 1 atom stereocenters. The second kappa shape index (κ2) is 5.38. The molecule has 0 aromatic rings. The number of hydrogen-bond acceptors (Lipinski definition) is 1. The topological polar surface area (TPSA) is 38.4 Å². The van der Waals surface area contributed by atoms with Gasteiger partial charge >= 0.3 is 0 Å². The molecule has 0 amide bonds. The fourth-order valence-electron chi connectivity index (χ4n) is 2.23. The quantitative estimate of drug-likeness (QED) is 0.545. The Labute approximate surface area is 88.0 Å². The van der Waals surface area contributed by atoms with E-state index in [-0.39, 0.29) is 0 Å². The maximum absolute atomic E-state index is 6.04. The molecule has 1 aliphatic rings. The van der Waals surface area contributed by atoms with Gasteiger partial charge in [-0.15, -0.1) is 0 Å². The van der Waals surface area contributed by atoms with Gasteiger partial charge in [-0.1, -0.05) is 33.6 Å². The zero-order valence-corrected chi connectivity index (χ0v) is 9.79. The van der Waals surface area contributed by atoms with Gasteiger partial charge in [-0.3, -0.25) is 4.99 Å². The van der Waals surface area contributed by atoms with Crippen LogP contribution in [0.3, 0.4) is 0 Å². The van der Waals surface area contributed by atoms with E-state index in [1.54, 1.807) is 0 Å².